The first-order valence-electron chi connectivity index (χ1n) is 9.77. The van der Waals surface area contributed by atoms with Crippen LogP contribution in [0.15, 0.2) is 77.7 Å². The SMILES string of the molecule is Nc1ccc(C=C2SC(=O)NC2=O)cc1NCCc1ccccc1Oc1ccccc1. The minimum atomic E-state index is -0.378. The van der Waals surface area contributed by atoms with Gasteiger partial charge in [-0.05, 0) is 65.7 Å². The van der Waals surface area contributed by atoms with Gasteiger partial charge in [-0.3, -0.25) is 14.9 Å². The molecule has 0 atom stereocenters. The minimum absolute atomic E-state index is 0.360. The van der Waals surface area contributed by atoms with Gasteiger partial charge in [-0.2, -0.15) is 0 Å². The quantitative estimate of drug-likeness (QED) is 0.358. The minimum Gasteiger partial charge on any atom is -0.457 e. The molecule has 1 aliphatic rings. The maximum Gasteiger partial charge on any atom is 0.290 e. The zero-order chi connectivity index (χ0) is 21.6. The molecule has 1 saturated heterocycles. The van der Waals surface area contributed by atoms with Crippen molar-refractivity contribution in [1.29, 1.82) is 0 Å². The molecule has 1 heterocycles. The molecule has 4 N–H and O–H groups in total. The topological polar surface area (TPSA) is 93.5 Å². The highest BCUT2D eigenvalue weighted by molar-refractivity contribution is 8.18. The van der Waals surface area contributed by atoms with Crippen LogP contribution in [0.1, 0.15) is 11.1 Å². The van der Waals surface area contributed by atoms with Crippen molar-refractivity contribution >= 4 is 40.4 Å². The molecule has 0 aromatic heterocycles. The lowest BCUT2D eigenvalue weighted by Gasteiger charge is -2.13. The zero-order valence-corrected chi connectivity index (χ0v) is 17.4. The summed E-state index contributed by atoms with van der Waals surface area (Å²) < 4.78 is 6.02. The third-order valence-electron chi connectivity index (χ3n) is 4.67. The van der Waals surface area contributed by atoms with Gasteiger partial charge >= 0.3 is 0 Å². The maximum absolute atomic E-state index is 11.8. The van der Waals surface area contributed by atoms with Gasteiger partial charge in [0.05, 0.1) is 16.3 Å². The van der Waals surface area contributed by atoms with Crippen molar-refractivity contribution in [3.63, 3.8) is 0 Å². The second kappa shape index (κ2) is 9.40. The van der Waals surface area contributed by atoms with E-state index in [4.69, 9.17) is 10.5 Å². The van der Waals surface area contributed by atoms with E-state index in [9.17, 15) is 9.59 Å². The Morgan fingerprint density at radius 1 is 1.00 bits per heavy atom. The van der Waals surface area contributed by atoms with Gasteiger partial charge in [0.25, 0.3) is 11.1 Å². The Labute approximate surface area is 184 Å². The molecule has 0 saturated carbocycles. The average molecular weight is 432 g/mol. The summed E-state index contributed by atoms with van der Waals surface area (Å²) in [5.74, 6) is 1.23. The van der Waals surface area contributed by atoms with Crippen LogP contribution in [0, 0.1) is 0 Å². The van der Waals surface area contributed by atoms with Crippen molar-refractivity contribution in [2.75, 3.05) is 17.6 Å². The smallest absolute Gasteiger partial charge is 0.290 e. The molecule has 0 aliphatic carbocycles. The maximum atomic E-state index is 11.8. The molecule has 7 heteroatoms. The number of rotatable bonds is 7. The highest BCUT2D eigenvalue weighted by Gasteiger charge is 2.24. The van der Waals surface area contributed by atoms with E-state index in [0.29, 0.717) is 17.1 Å². The highest BCUT2D eigenvalue weighted by Crippen LogP contribution is 2.29. The van der Waals surface area contributed by atoms with E-state index >= 15 is 0 Å². The third-order valence-corrected chi connectivity index (χ3v) is 5.48. The summed E-state index contributed by atoms with van der Waals surface area (Å²) in [5.41, 5.74) is 9.35. The van der Waals surface area contributed by atoms with Gasteiger partial charge in [-0.1, -0.05) is 42.5 Å². The Bertz CT molecular complexity index is 1150. The molecule has 0 bridgehead atoms. The highest BCUT2D eigenvalue weighted by atomic mass is 32.2. The van der Waals surface area contributed by atoms with Crippen molar-refractivity contribution < 1.29 is 14.3 Å². The van der Waals surface area contributed by atoms with Crippen LogP contribution in [0.4, 0.5) is 16.2 Å². The standard InChI is InChI=1S/C24H21N3O3S/c25-19-11-10-16(15-22-23(28)27-24(29)31-22)14-20(19)26-13-12-17-6-4-5-9-21(17)30-18-7-2-1-3-8-18/h1-11,14-15,26H,12-13,25H2,(H,27,28,29). The number of anilines is 2. The van der Waals surface area contributed by atoms with E-state index in [0.717, 1.165) is 46.5 Å². The van der Waals surface area contributed by atoms with Gasteiger partial charge in [0.15, 0.2) is 0 Å². The number of ether oxygens (including phenoxy) is 1. The number of hydrogen-bond acceptors (Lipinski definition) is 6. The lowest BCUT2D eigenvalue weighted by Crippen LogP contribution is -2.17. The Hall–Kier alpha value is -3.71. The summed E-state index contributed by atoms with van der Waals surface area (Å²) in [6.07, 6.45) is 2.42. The van der Waals surface area contributed by atoms with E-state index in [1.54, 1.807) is 12.1 Å². The molecule has 3 aromatic carbocycles. The van der Waals surface area contributed by atoms with E-state index in [1.165, 1.54) is 0 Å². The van der Waals surface area contributed by atoms with Crippen LogP contribution in [0.2, 0.25) is 0 Å². The molecule has 0 radical (unpaired) electrons. The molecular formula is C24H21N3O3S. The first-order chi connectivity index (χ1) is 15.1. The Morgan fingerprint density at radius 2 is 1.77 bits per heavy atom. The van der Waals surface area contributed by atoms with Gasteiger partial charge in [-0.25, -0.2) is 0 Å². The van der Waals surface area contributed by atoms with Gasteiger partial charge in [0, 0.05) is 6.54 Å². The first-order valence-corrected chi connectivity index (χ1v) is 10.6. The predicted octanol–water partition coefficient (Wildman–Crippen LogP) is 5.04. The summed E-state index contributed by atoms with van der Waals surface area (Å²) in [6.45, 7) is 0.646. The average Bonchev–Trinajstić information content (AvgIpc) is 3.09. The van der Waals surface area contributed by atoms with Crippen LogP contribution in [0.3, 0.4) is 0 Å². The lowest BCUT2D eigenvalue weighted by atomic mass is 10.1. The van der Waals surface area contributed by atoms with E-state index in [1.807, 2.05) is 66.7 Å². The number of benzene rings is 3. The number of nitrogens with one attached hydrogen (secondary N) is 2. The number of nitrogen functional groups attached to an aromatic ring is 1. The van der Waals surface area contributed by atoms with Crippen molar-refractivity contribution in [2.24, 2.45) is 0 Å². The van der Waals surface area contributed by atoms with E-state index in [2.05, 4.69) is 10.6 Å². The first kappa shape index (κ1) is 20.6. The molecule has 3 aromatic rings. The monoisotopic (exact) mass is 431 g/mol. The number of carbonyl (C=O) groups is 2. The predicted molar refractivity (Wildman–Crippen MR) is 125 cm³/mol. The van der Waals surface area contributed by atoms with Gasteiger partial charge < -0.3 is 15.8 Å². The van der Waals surface area contributed by atoms with Crippen LogP contribution < -0.4 is 21.1 Å². The van der Waals surface area contributed by atoms with Gasteiger partial charge in [0.1, 0.15) is 11.5 Å². The fraction of sp³-hybridized carbons (Fsp3) is 0.0833. The summed E-state index contributed by atoms with van der Waals surface area (Å²) in [7, 11) is 0. The Kier molecular flexibility index (Phi) is 6.24. The molecule has 31 heavy (non-hydrogen) atoms. The van der Waals surface area contributed by atoms with Crippen LogP contribution in [-0.4, -0.2) is 17.7 Å². The van der Waals surface area contributed by atoms with Crippen molar-refractivity contribution in [2.45, 2.75) is 6.42 Å². The Morgan fingerprint density at radius 3 is 2.55 bits per heavy atom. The summed E-state index contributed by atoms with van der Waals surface area (Å²) >= 11 is 0.892. The molecule has 156 valence electrons. The number of amides is 2. The number of nitrogens with two attached hydrogens (primary N) is 1. The third kappa shape index (κ3) is 5.26. The second-order valence-corrected chi connectivity index (χ2v) is 7.91. The molecule has 6 nitrogen and oxygen atoms in total. The van der Waals surface area contributed by atoms with Gasteiger partial charge in [-0.15, -0.1) is 0 Å². The molecule has 0 spiro atoms. The van der Waals surface area contributed by atoms with Crippen molar-refractivity contribution in [3.8, 4) is 11.5 Å². The molecular weight excluding hydrogens is 410 g/mol. The fourth-order valence-corrected chi connectivity index (χ4v) is 3.83. The zero-order valence-electron chi connectivity index (χ0n) is 16.6. The van der Waals surface area contributed by atoms with Gasteiger partial charge in [0.2, 0.25) is 0 Å². The van der Waals surface area contributed by atoms with Crippen LogP contribution >= 0.6 is 11.8 Å². The fourth-order valence-electron chi connectivity index (χ4n) is 3.15. The summed E-state index contributed by atoms with van der Waals surface area (Å²) in [5, 5.41) is 5.25. The number of hydrogen-bond donors (Lipinski definition) is 3. The lowest BCUT2D eigenvalue weighted by molar-refractivity contribution is -0.115. The van der Waals surface area contributed by atoms with E-state index in [-0.39, 0.29) is 11.1 Å². The number of carbonyl (C=O) groups excluding carboxylic acids is 2. The second-order valence-electron chi connectivity index (χ2n) is 6.90. The largest absolute Gasteiger partial charge is 0.457 e. The number of thioether (sulfide) groups is 1. The molecule has 4 rings (SSSR count). The molecule has 2 amide bonds. The molecule has 1 fully saturated rings. The van der Waals surface area contributed by atoms with Crippen LogP contribution in [0.25, 0.3) is 6.08 Å². The number of imide groups is 1. The van der Waals surface area contributed by atoms with Crippen molar-refractivity contribution in [1.82, 2.24) is 5.32 Å². The van der Waals surface area contributed by atoms with Crippen LogP contribution in [0.5, 0.6) is 11.5 Å². The molecule has 0 unspecified atom stereocenters. The van der Waals surface area contributed by atoms with E-state index < -0.39 is 0 Å². The molecule has 1 aliphatic heterocycles. The summed E-state index contributed by atoms with van der Waals surface area (Å²) in [6, 6.07) is 23.1. The summed E-state index contributed by atoms with van der Waals surface area (Å²) in [4.78, 5) is 23.5. The number of para-hydroxylation sites is 2. The normalized spacial score (nSPS) is 14.5. The Balaban J connectivity index is 1.43. The van der Waals surface area contributed by atoms with Crippen LogP contribution in [-0.2, 0) is 11.2 Å². The van der Waals surface area contributed by atoms with Crippen molar-refractivity contribution in [3.05, 3.63) is 88.8 Å².